The number of hydrogen-bond acceptors (Lipinski definition) is 4. The molecule has 0 aromatic heterocycles. The largest absolute Gasteiger partial charge is 0.463 e. The summed E-state index contributed by atoms with van der Waals surface area (Å²) in [5, 5.41) is 0.708. The van der Waals surface area contributed by atoms with E-state index in [1.54, 1.807) is 19.1 Å². The van der Waals surface area contributed by atoms with Crippen LogP contribution in [0.15, 0.2) is 22.8 Å². The highest BCUT2D eigenvalue weighted by atomic mass is 35.5. The fourth-order valence-electron chi connectivity index (χ4n) is 1.33. The van der Waals surface area contributed by atoms with Crippen molar-refractivity contribution in [2.45, 2.75) is 32.8 Å². The predicted molar refractivity (Wildman–Crippen MR) is 63.4 cm³/mol. The van der Waals surface area contributed by atoms with Gasteiger partial charge in [-0.1, -0.05) is 17.7 Å². The summed E-state index contributed by atoms with van der Waals surface area (Å²) in [6, 6.07) is 0. The fraction of sp³-hybridized carbons (Fsp3) is 0.500. The molecular formula is C12H15ClO4. The van der Waals surface area contributed by atoms with Gasteiger partial charge in [-0.25, -0.2) is 9.59 Å². The van der Waals surface area contributed by atoms with Gasteiger partial charge >= 0.3 is 11.9 Å². The highest BCUT2D eigenvalue weighted by molar-refractivity contribution is 6.29. The van der Waals surface area contributed by atoms with Crippen LogP contribution in [0.1, 0.15) is 26.7 Å². The van der Waals surface area contributed by atoms with E-state index in [1.807, 2.05) is 0 Å². The molecule has 4 nitrogen and oxygen atoms in total. The summed E-state index contributed by atoms with van der Waals surface area (Å²) in [5.74, 6) is -1.03. The number of rotatable bonds is 4. The van der Waals surface area contributed by atoms with Crippen LogP contribution in [0, 0.1) is 0 Å². The molecule has 0 spiro atoms. The van der Waals surface area contributed by atoms with Gasteiger partial charge in [-0.2, -0.15) is 0 Å². The maximum absolute atomic E-state index is 11.7. The van der Waals surface area contributed by atoms with Crippen molar-refractivity contribution in [1.82, 2.24) is 0 Å². The minimum Gasteiger partial charge on any atom is -0.463 e. The van der Waals surface area contributed by atoms with Crippen LogP contribution < -0.4 is 0 Å². The topological polar surface area (TPSA) is 52.6 Å². The summed E-state index contributed by atoms with van der Waals surface area (Å²) >= 11 is 5.77. The number of hydrogen-bond donors (Lipinski definition) is 0. The molecule has 1 unspecified atom stereocenters. The van der Waals surface area contributed by atoms with E-state index in [4.69, 9.17) is 21.1 Å². The van der Waals surface area contributed by atoms with Crippen molar-refractivity contribution < 1.29 is 19.1 Å². The Labute approximate surface area is 105 Å². The normalized spacial score (nSPS) is 16.6. The van der Waals surface area contributed by atoms with Crippen LogP contribution in [0.4, 0.5) is 0 Å². The van der Waals surface area contributed by atoms with Crippen LogP contribution in [0.3, 0.4) is 0 Å². The van der Waals surface area contributed by atoms with Crippen molar-refractivity contribution >= 4 is 23.5 Å². The Hall–Kier alpha value is -1.29. The number of ether oxygens (including phenoxy) is 2. The van der Waals surface area contributed by atoms with E-state index < -0.39 is 18.0 Å². The molecule has 1 aliphatic rings. The molecule has 0 radical (unpaired) electrons. The van der Waals surface area contributed by atoms with Crippen molar-refractivity contribution in [1.29, 1.82) is 0 Å². The smallest absolute Gasteiger partial charge is 0.347 e. The molecule has 1 atom stereocenters. The molecule has 0 aliphatic heterocycles. The van der Waals surface area contributed by atoms with Gasteiger partial charge in [0, 0.05) is 10.6 Å². The van der Waals surface area contributed by atoms with Crippen molar-refractivity contribution in [3.8, 4) is 0 Å². The van der Waals surface area contributed by atoms with E-state index in [1.165, 1.54) is 6.92 Å². The van der Waals surface area contributed by atoms with E-state index in [-0.39, 0.29) is 6.61 Å². The summed E-state index contributed by atoms with van der Waals surface area (Å²) in [6.45, 7) is 3.45. The van der Waals surface area contributed by atoms with Crippen LogP contribution in [0.2, 0.25) is 0 Å². The van der Waals surface area contributed by atoms with Gasteiger partial charge < -0.3 is 9.47 Å². The van der Waals surface area contributed by atoms with Gasteiger partial charge in [0.15, 0.2) is 6.10 Å². The highest BCUT2D eigenvalue weighted by Crippen LogP contribution is 2.22. The molecular weight excluding hydrogens is 244 g/mol. The third-order valence-corrected chi connectivity index (χ3v) is 2.58. The summed E-state index contributed by atoms with van der Waals surface area (Å²) < 4.78 is 9.73. The van der Waals surface area contributed by atoms with Crippen LogP contribution in [-0.4, -0.2) is 24.6 Å². The first-order valence-corrected chi connectivity index (χ1v) is 5.85. The minimum absolute atomic E-state index is 0.266. The lowest BCUT2D eigenvalue weighted by Gasteiger charge is -2.14. The summed E-state index contributed by atoms with van der Waals surface area (Å²) in [4.78, 5) is 22.9. The first-order chi connectivity index (χ1) is 8.04. The predicted octanol–water partition coefficient (Wildman–Crippen LogP) is 2.32. The maximum Gasteiger partial charge on any atom is 0.347 e. The highest BCUT2D eigenvalue weighted by Gasteiger charge is 2.21. The molecule has 0 saturated heterocycles. The molecule has 17 heavy (non-hydrogen) atoms. The first kappa shape index (κ1) is 13.8. The lowest BCUT2D eigenvalue weighted by molar-refractivity contribution is -0.164. The summed E-state index contributed by atoms with van der Waals surface area (Å²) in [5.41, 5.74) is 0.519. The van der Waals surface area contributed by atoms with Crippen LogP contribution >= 0.6 is 11.6 Å². The third-order valence-electron chi connectivity index (χ3n) is 2.26. The summed E-state index contributed by atoms with van der Waals surface area (Å²) in [6.07, 6.45) is 3.55. The molecule has 0 amide bonds. The van der Waals surface area contributed by atoms with E-state index in [2.05, 4.69) is 0 Å². The van der Waals surface area contributed by atoms with Crippen molar-refractivity contribution in [3.63, 3.8) is 0 Å². The van der Waals surface area contributed by atoms with E-state index in [0.29, 0.717) is 23.4 Å². The van der Waals surface area contributed by atoms with E-state index in [0.717, 1.165) is 0 Å². The Kier molecular flexibility index (Phi) is 5.22. The maximum atomic E-state index is 11.7. The number of carbonyl (C=O) groups excluding carboxylic acids is 2. The van der Waals surface area contributed by atoms with Gasteiger partial charge in [0.1, 0.15) is 0 Å². The van der Waals surface area contributed by atoms with Crippen molar-refractivity contribution in [3.05, 3.63) is 22.8 Å². The number of esters is 2. The van der Waals surface area contributed by atoms with Gasteiger partial charge in [0.2, 0.25) is 0 Å². The zero-order valence-electron chi connectivity index (χ0n) is 9.86. The molecule has 0 saturated carbocycles. The lowest BCUT2D eigenvalue weighted by Crippen LogP contribution is -2.27. The number of carbonyl (C=O) groups is 2. The molecule has 0 N–H and O–H groups in total. The van der Waals surface area contributed by atoms with E-state index in [9.17, 15) is 9.59 Å². The number of halogens is 1. The van der Waals surface area contributed by atoms with Gasteiger partial charge in [-0.15, -0.1) is 0 Å². The Morgan fingerprint density at radius 3 is 2.65 bits per heavy atom. The zero-order valence-corrected chi connectivity index (χ0v) is 10.6. The Morgan fingerprint density at radius 2 is 2.12 bits per heavy atom. The second-order valence-corrected chi connectivity index (χ2v) is 4.09. The second-order valence-electron chi connectivity index (χ2n) is 3.61. The standard InChI is InChI=1S/C12H15ClO4/c1-3-16-11(14)8(2)17-12(15)9-4-6-10(13)7-5-9/h4,6,8H,3,5,7H2,1-2H3. The molecule has 0 fully saturated rings. The van der Waals surface area contributed by atoms with Crippen LogP contribution in [-0.2, 0) is 19.1 Å². The molecule has 0 aromatic rings. The molecule has 5 heteroatoms. The molecule has 0 heterocycles. The van der Waals surface area contributed by atoms with E-state index >= 15 is 0 Å². The minimum atomic E-state index is -0.885. The molecule has 1 rings (SSSR count). The SMILES string of the molecule is CCOC(=O)C(C)OC(=O)C1=CC=C(Cl)CC1. The second kappa shape index (κ2) is 6.45. The molecule has 0 bridgehead atoms. The van der Waals surface area contributed by atoms with Gasteiger partial charge in [0.25, 0.3) is 0 Å². The fourth-order valence-corrected chi connectivity index (χ4v) is 1.48. The average molecular weight is 259 g/mol. The number of allylic oxidation sites excluding steroid dienone is 3. The van der Waals surface area contributed by atoms with Crippen LogP contribution in [0.25, 0.3) is 0 Å². The molecule has 0 aromatic carbocycles. The van der Waals surface area contributed by atoms with Gasteiger partial charge in [-0.05, 0) is 32.8 Å². The summed E-state index contributed by atoms with van der Waals surface area (Å²) in [7, 11) is 0. The average Bonchev–Trinajstić information content (AvgIpc) is 2.30. The van der Waals surface area contributed by atoms with Gasteiger partial charge in [0.05, 0.1) is 6.61 Å². The van der Waals surface area contributed by atoms with Crippen LogP contribution in [0.5, 0.6) is 0 Å². The quantitative estimate of drug-likeness (QED) is 0.726. The Balaban J connectivity index is 2.52. The Bertz CT molecular complexity index is 371. The third kappa shape index (κ3) is 4.23. The zero-order chi connectivity index (χ0) is 12.8. The van der Waals surface area contributed by atoms with Gasteiger partial charge in [-0.3, -0.25) is 0 Å². The molecule has 1 aliphatic carbocycles. The Morgan fingerprint density at radius 1 is 1.41 bits per heavy atom. The van der Waals surface area contributed by atoms with Crippen molar-refractivity contribution in [2.75, 3.05) is 6.61 Å². The monoisotopic (exact) mass is 258 g/mol. The lowest BCUT2D eigenvalue weighted by atomic mass is 10.1. The first-order valence-electron chi connectivity index (χ1n) is 5.47. The van der Waals surface area contributed by atoms with Crippen molar-refractivity contribution in [2.24, 2.45) is 0 Å². The molecule has 94 valence electrons.